The number of nitrogens with one attached hydrogen (secondary N) is 1. The molecule has 1 heterocycles. The minimum atomic E-state index is -0.170. The number of unbranched alkanes of at least 4 members (excludes halogenated alkanes) is 1. The maximum Gasteiger partial charge on any atom is 0.257 e. The molecule has 7 heteroatoms. The number of aromatic nitrogens is 2. The van der Waals surface area contributed by atoms with Crippen LogP contribution in [-0.2, 0) is 17.8 Å². The van der Waals surface area contributed by atoms with Gasteiger partial charge in [-0.3, -0.25) is 4.79 Å². The van der Waals surface area contributed by atoms with Gasteiger partial charge in [0.25, 0.3) is 5.91 Å². The molecule has 0 fully saturated rings. The lowest BCUT2D eigenvalue weighted by Crippen LogP contribution is -2.31. The molecule has 0 atom stereocenters. The van der Waals surface area contributed by atoms with Gasteiger partial charge in [0.1, 0.15) is 17.3 Å². The van der Waals surface area contributed by atoms with Gasteiger partial charge in [-0.2, -0.15) is 0 Å². The Balaban J connectivity index is 1.26. The van der Waals surface area contributed by atoms with Gasteiger partial charge >= 0.3 is 0 Å². The van der Waals surface area contributed by atoms with Crippen LogP contribution in [0.15, 0.2) is 72.8 Å². The normalized spacial score (nSPS) is 10.9. The molecule has 0 aliphatic rings. The Kier molecular flexibility index (Phi) is 8.63. The number of benzene rings is 3. The van der Waals surface area contributed by atoms with Crippen molar-refractivity contribution in [2.24, 2.45) is 0 Å². The summed E-state index contributed by atoms with van der Waals surface area (Å²) in [4.78, 5) is 17.0. The van der Waals surface area contributed by atoms with Crippen LogP contribution in [0.3, 0.4) is 0 Å². The maximum absolute atomic E-state index is 12.2. The summed E-state index contributed by atoms with van der Waals surface area (Å²) >= 11 is 5.87. The Labute approximate surface area is 210 Å². The van der Waals surface area contributed by atoms with Gasteiger partial charge < -0.3 is 19.4 Å². The standard InChI is InChI=1S/C28H30ClN3O3/c1-21-7-6-8-24(19-21)34-18-5-4-17-32-26-10-3-2-9-25(26)31-27(32)15-16-30-28(33)20-35-23-13-11-22(29)12-14-23/h2-3,6-14,19H,4-5,15-18,20H2,1H3,(H,30,33). The third-order valence-corrected chi connectivity index (χ3v) is 5.87. The van der Waals surface area contributed by atoms with E-state index in [1.165, 1.54) is 5.56 Å². The summed E-state index contributed by atoms with van der Waals surface area (Å²) in [6.45, 7) is 4.03. The highest BCUT2D eigenvalue weighted by molar-refractivity contribution is 6.30. The van der Waals surface area contributed by atoms with Gasteiger partial charge in [-0.05, 0) is 73.9 Å². The number of hydrogen-bond donors (Lipinski definition) is 1. The number of imidazole rings is 1. The summed E-state index contributed by atoms with van der Waals surface area (Å²) in [5, 5.41) is 3.55. The number of rotatable bonds is 12. The molecule has 1 amide bonds. The molecular weight excluding hydrogens is 462 g/mol. The number of para-hydroxylation sites is 2. The van der Waals surface area contributed by atoms with Gasteiger partial charge in [-0.15, -0.1) is 0 Å². The monoisotopic (exact) mass is 491 g/mol. The molecule has 0 saturated carbocycles. The first-order chi connectivity index (χ1) is 17.1. The van der Waals surface area contributed by atoms with Gasteiger partial charge in [0.05, 0.1) is 17.6 Å². The molecule has 4 rings (SSSR count). The van der Waals surface area contributed by atoms with E-state index in [1.54, 1.807) is 24.3 Å². The lowest BCUT2D eigenvalue weighted by molar-refractivity contribution is -0.123. The van der Waals surface area contributed by atoms with Crippen LogP contribution in [0.4, 0.5) is 0 Å². The zero-order valence-corrected chi connectivity index (χ0v) is 20.6. The van der Waals surface area contributed by atoms with E-state index in [0.717, 1.165) is 42.0 Å². The van der Waals surface area contributed by atoms with Crippen LogP contribution >= 0.6 is 11.6 Å². The molecule has 1 N–H and O–H groups in total. The Morgan fingerprint density at radius 3 is 2.63 bits per heavy atom. The van der Waals surface area contributed by atoms with Crippen LogP contribution in [0.2, 0.25) is 5.02 Å². The number of nitrogens with zero attached hydrogens (tertiary/aromatic N) is 2. The smallest absolute Gasteiger partial charge is 0.257 e. The van der Waals surface area contributed by atoms with Gasteiger partial charge in [0.15, 0.2) is 6.61 Å². The number of carbonyl (C=O) groups is 1. The second-order valence-electron chi connectivity index (χ2n) is 8.38. The summed E-state index contributed by atoms with van der Waals surface area (Å²) in [6, 6.07) is 23.2. The fourth-order valence-electron chi connectivity index (χ4n) is 3.88. The first-order valence-corrected chi connectivity index (χ1v) is 12.2. The van der Waals surface area contributed by atoms with E-state index in [2.05, 4.69) is 35.0 Å². The molecule has 0 aliphatic carbocycles. The van der Waals surface area contributed by atoms with E-state index in [1.807, 2.05) is 30.3 Å². The number of carbonyl (C=O) groups excluding carboxylic acids is 1. The third-order valence-electron chi connectivity index (χ3n) is 5.62. The molecule has 0 bridgehead atoms. The highest BCUT2D eigenvalue weighted by Gasteiger charge is 2.11. The summed E-state index contributed by atoms with van der Waals surface area (Å²) in [7, 11) is 0. The van der Waals surface area contributed by atoms with E-state index in [4.69, 9.17) is 26.1 Å². The highest BCUT2D eigenvalue weighted by atomic mass is 35.5. The zero-order chi connectivity index (χ0) is 24.5. The first-order valence-electron chi connectivity index (χ1n) is 11.9. The Bertz CT molecular complexity index is 1250. The summed E-state index contributed by atoms with van der Waals surface area (Å²) in [5.74, 6) is 2.31. The van der Waals surface area contributed by atoms with Crippen molar-refractivity contribution < 1.29 is 14.3 Å². The van der Waals surface area contributed by atoms with Crippen molar-refractivity contribution in [2.45, 2.75) is 32.7 Å². The molecule has 0 spiro atoms. The number of aryl methyl sites for hydroxylation is 2. The van der Waals surface area contributed by atoms with Crippen molar-refractivity contribution in [1.82, 2.24) is 14.9 Å². The minimum absolute atomic E-state index is 0.0427. The highest BCUT2D eigenvalue weighted by Crippen LogP contribution is 2.18. The Hall–Kier alpha value is -3.51. The Morgan fingerprint density at radius 2 is 1.80 bits per heavy atom. The summed E-state index contributed by atoms with van der Waals surface area (Å²) < 4.78 is 13.6. The van der Waals surface area contributed by atoms with Crippen molar-refractivity contribution >= 4 is 28.5 Å². The molecule has 4 aromatic rings. The van der Waals surface area contributed by atoms with Crippen molar-refractivity contribution in [3.8, 4) is 11.5 Å². The average Bonchev–Trinajstić information content (AvgIpc) is 3.21. The van der Waals surface area contributed by atoms with Gasteiger partial charge in [0, 0.05) is 24.5 Å². The van der Waals surface area contributed by atoms with E-state index in [0.29, 0.717) is 30.3 Å². The molecule has 0 saturated heterocycles. The molecular formula is C28H30ClN3O3. The second kappa shape index (κ2) is 12.3. The van der Waals surface area contributed by atoms with Crippen LogP contribution in [0, 0.1) is 6.92 Å². The zero-order valence-electron chi connectivity index (χ0n) is 19.9. The SMILES string of the molecule is Cc1cccc(OCCCCn2c(CCNC(=O)COc3ccc(Cl)cc3)nc3ccccc32)c1. The number of ether oxygens (including phenoxy) is 2. The van der Waals surface area contributed by atoms with Gasteiger partial charge in [-0.1, -0.05) is 35.9 Å². The molecule has 3 aromatic carbocycles. The summed E-state index contributed by atoms with van der Waals surface area (Å²) in [5.41, 5.74) is 3.27. The topological polar surface area (TPSA) is 65.4 Å². The van der Waals surface area contributed by atoms with Crippen LogP contribution in [0.1, 0.15) is 24.2 Å². The Morgan fingerprint density at radius 1 is 0.971 bits per heavy atom. The summed E-state index contributed by atoms with van der Waals surface area (Å²) in [6.07, 6.45) is 2.56. The second-order valence-corrected chi connectivity index (χ2v) is 8.82. The molecule has 35 heavy (non-hydrogen) atoms. The first kappa shape index (κ1) is 24.6. The van der Waals surface area contributed by atoms with E-state index in [-0.39, 0.29) is 12.5 Å². The number of halogens is 1. The average molecular weight is 492 g/mol. The molecule has 1 aromatic heterocycles. The van der Waals surface area contributed by atoms with Crippen molar-refractivity contribution in [1.29, 1.82) is 0 Å². The lowest BCUT2D eigenvalue weighted by Gasteiger charge is -2.11. The molecule has 0 aliphatic heterocycles. The fraction of sp³-hybridized carbons (Fsp3) is 0.286. The quantitative estimate of drug-likeness (QED) is 0.262. The predicted molar refractivity (Wildman–Crippen MR) is 139 cm³/mol. The molecule has 0 unspecified atom stereocenters. The maximum atomic E-state index is 12.2. The van der Waals surface area contributed by atoms with E-state index < -0.39 is 0 Å². The largest absolute Gasteiger partial charge is 0.494 e. The van der Waals surface area contributed by atoms with Crippen LogP contribution < -0.4 is 14.8 Å². The molecule has 182 valence electrons. The van der Waals surface area contributed by atoms with Crippen LogP contribution in [0.25, 0.3) is 11.0 Å². The van der Waals surface area contributed by atoms with E-state index >= 15 is 0 Å². The molecule has 6 nitrogen and oxygen atoms in total. The van der Waals surface area contributed by atoms with Crippen molar-refractivity contribution in [3.63, 3.8) is 0 Å². The third kappa shape index (κ3) is 7.23. The fourth-order valence-corrected chi connectivity index (χ4v) is 4.00. The minimum Gasteiger partial charge on any atom is -0.494 e. The van der Waals surface area contributed by atoms with Crippen LogP contribution in [0.5, 0.6) is 11.5 Å². The van der Waals surface area contributed by atoms with Crippen LogP contribution in [-0.4, -0.2) is 35.2 Å². The van der Waals surface area contributed by atoms with Gasteiger partial charge in [-0.25, -0.2) is 4.98 Å². The van der Waals surface area contributed by atoms with Crippen molar-refractivity contribution in [2.75, 3.05) is 19.8 Å². The lowest BCUT2D eigenvalue weighted by atomic mass is 10.2. The number of hydrogen-bond acceptors (Lipinski definition) is 4. The predicted octanol–water partition coefficient (Wildman–Crippen LogP) is 5.60. The molecule has 0 radical (unpaired) electrons. The number of amides is 1. The van der Waals surface area contributed by atoms with E-state index in [9.17, 15) is 4.79 Å². The van der Waals surface area contributed by atoms with Gasteiger partial charge in [0.2, 0.25) is 0 Å². The van der Waals surface area contributed by atoms with Crippen molar-refractivity contribution in [3.05, 3.63) is 89.2 Å². The number of fused-ring (bicyclic) bond motifs is 1.